The van der Waals surface area contributed by atoms with Gasteiger partial charge >= 0.3 is 12.1 Å². The first kappa shape index (κ1) is 15.3. The number of para-hydroxylation sites is 1. The van der Waals surface area contributed by atoms with E-state index in [0.29, 0.717) is 11.3 Å². The van der Waals surface area contributed by atoms with E-state index in [1.807, 2.05) is 18.2 Å². The average molecular weight is 297 g/mol. The van der Waals surface area contributed by atoms with E-state index < -0.39 is 12.1 Å². The molecular weight excluding hydrogens is 282 g/mol. The van der Waals surface area contributed by atoms with Crippen LogP contribution in [-0.2, 0) is 4.79 Å². The molecule has 22 heavy (non-hydrogen) atoms. The van der Waals surface area contributed by atoms with Gasteiger partial charge in [-0.25, -0.2) is 9.59 Å². The van der Waals surface area contributed by atoms with Crippen LogP contribution in [0.4, 0.5) is 10.5 Å². The Morgan fingerprint density at radius 3 is 2.27 bits per heavy atom. The topological polar surface area (TPSA) is 66.8 Å². The smallest absolute Gasteiger partial charge is 0.419 e. The molecule has 0 fully saturated rings. The van der Waals surface area contributed by atoms with E-state index >= 15 is 0 Å². The largest absolute Gasteiger partial charge is 0.478 e. The number of hydrogen-bond donors (Lipinski definition) is 1. The molecule has 0 radical (unpaired) electrons. The van der Waals surface area contributed by atoms with Crippen LogP contribution in [0.5, 0.6) is 5.75 Å². The molecule has 112 valence electrons. The zero-order chi connectivity index (χ0) is 15.9. The maximum atomic E-state index is 12.0. The molecule has 0 aliphatic heterocycles. The molecule has 0 saturated carbocycles. The summed E-state index contributed by atoms with van der Waals surface area (Å²) in [5.41, 5.74) is 1.44. The molecule has 2 rings (SSSR count). The lowest BCUT2D eigenvalue weighted by atomic mass is 10.2. The first-order chi connectivity index (χ1) is 10.6. The molecule has 5 nitrogen and oxygen atoms in total. The number of carbonyl (C=O) groups excluding carboxylic acids is 1. The molecule has 0 unspecified atom stereocenters. The third-order valence-corrected chi connectivity index (χ3v) is 2.92. The molecule has 0 aromatic heterocycles. The van der Waals surface area contributed by atoms with Crippen molar-refractivity contribution in [1.82, 2.24) is 0 Å². The zero-order valence-corrected chi connectivity index (χ0v) is 12.0. The molecule has 0 aliphatic rings. The first-order valence-electron chi connectivity index (χ1n) is 6.58. The summed E-state index contributed by atoms with van der Waals surface area (Å²) in [5.74, 6) is -0.625. The summed E-state index contributed by atoms with van der Waals surface area (Å²) in [5, 5.41) is 8.56. The van der Waals surface area contributed by atoms with E-state index in [1.54, 1.807) is 43.4 Å². The highest BCUT2D eigenvalue weighted by Gasteiger charge is 2.12. The highest BCUT2D eigenvalue weighted by molar-refractivity contribution is 5.88. The number of ether oxygens (including phenoxy) is 1. The van der Waals surface area contributed by atoms with Gasteiger partial charge in [-0.3, -0.25) is 4.90 Å². The van der Waals surface area contributed by atoms with E-state index in [0.717, 1.165) is 11.8 Å². The van der Waals surface area contributed by atoms with Gasteiger partial charge in [0.25, 0.3) is 0 Å². The van der Waals surface area contributed by atoms with Gasteiger partial charge in [0, 0.05) is 18.8 Å². The van der Waals surface area contributed by atoms with E-state index in [4.69, 9.17) is 9.84 Å². The second-order valence-corrected chi connectivity index (χ2v) is 4.50. The van der Waals surface area contributed by atoms with Crippen LogP contribution in [0.1, 0.15) is 5.56 Å². The third-order valence-electron chi connectivity index (χ3n) is 2.92. The minimum atomic E-state index is -1.01. The van der Waals surface area contributed by atoms with Gasteiger partial charge < -0.3 is 9.84 Å². The molecule has 0 heterocycles. The second kappa shape index (κ2) is 7.08. The summed E-state index contributed by atoms with van der Waals surface area (Å²) in [6.45, 7) is 0. The van der Waals surface area contributed by atoms with Crippen LogP contribution in [0.15, 0.2) is 60.7 Å². The fourth-order valence-electron chi connectivity index (χ4n) is 1.74. The van der Waals surface area contributed by atoms with Crippen molar-refractivity contribution in [2.75, 3.05) is 11.9 Å². The van der Waals surface area contributed by atoms with Crippen molar-refractivity contribution in [1.29, 1.82) is 0 Å². The molecule has 0 spiro atoms. The molecule has 0 aliphatic carbocycles. The second-order valence-electron chi connectivity index (χ2n) is 4.50. The van der Waals surface area contributed by atoms with Crippen LogP contribution < -0.4 is 9.64 Å². The lowest BCUT2D eigenvalue weighted by Gasteiger charge is -2.16. The van der Waals surface area contributed by atoms with Crippen molar-refractivity contribution in [3.8, 4) is 5.75 Å². The van der Waals surface area contributed by atoms with Crippen molar-refractivity contribution < 1.29 is 19.4 Å². The Bertz CT molecular complexity index is 678. The van der Waals surface area contributed by atoms with Gasteiger partial charge in [0.2, 0.25) is 0 Å². The molecule has 2 aromatic rings. The number of carboxylic acids is 1. The number of carboxylic acid groups (broad SMARTS) is 1. The zero-order valence-electron chi connectivity index (χ0n) is 12.0. The summed E-state index contributed by atoms with van der Waals surface area (Å²) in [6.07, 6.45) is 2.01. The van der Waals surface area contributed by atoms with Crippen molar-refractivity contribution in [2.45, 2.75) is 0 Å². The van der Waals surface area contributed by atoms with Gasteiger partial charge in [-0.15, -0.1) is 0 Å². The number of hydrogen-bond acceptors (Lipinski definition) is 3. The first-order valence-corrected chi connectivity index (χ1v) is 6.58. The normalized spacial score (nSPS) is 10.4. The van der Waals surface area contributed by atoms with E-state index in [-0.39, 0.29) is 0 Å². The summed E-state index contributed by atoms with van der Waals surface area (Å²) in [6, 6.07) is 15.7. The van der Waals surface area contributed by atoms with Gasteiger partial charge in [0.05, 0.1) is 0 Å². The number of anilines is 1. The van der Waals surface area contributed by atoms with Gasteiger partial charge in [-0.2, -0.15) is 0 Å². The highest BCUT2D eigenvalue weighted by Crippen LogP contribution is 2.17. The van der Waals surface area contributed by atoms with Gasteiger partial charge in [-0.05, 0) is 35.9 Å². The number of carbonyl (C=O) groups is 2. The van der Waals surface area contributed by atoms with Gasteiger partial charge in [-0.1, -0.05) is 30.3 Å². The molecule has 5 heteroatoms. The van der Waals surface area contributed by atoms with Crippen LogP contribution in [-0.4, -0.2) is 24.2 Å². The molecule has 0 atom stereocenters. The summed E-state index contributed by atoms with van der Waals surface area (Å²) in [4.78, 5) is 23.9. The Morgan fingerprint density at radius 1 is 1.05 bits per heavy atom. The Balaban J connectivity index is 2.01. The highest BCUT2D eigenvalue weighted by atomic mass is 16.6. The maximum Gasteiger partial charge on any atom is 0.419 e. The predicted molar refractivity (Wildman–Crippen MR) is 84.0 cm³/mol. The van der Waals surface area contributed by atoms with Gasteiger partial charge in [0.15, 0.2) is 0 Å². The van der Waals surface area contributed by atoms with Crippen molar-refractivity contribution in [2.24, 2.45) is 0 Å². The number of aliphatic carboxylic acids is 1. The van der Waals surface area contributed by atoms with E-state index in [2.05, 4.69) is 0 Å². The van der Waals surface area contributed by atoms with Crippen LogP contribution in [0.2, 0.25) is 0 Å². The van der Waals surface area contributed by atoms with Crippen LogP contribution in [0.3, 0.4) is 0 Å². The monoisotopic (exact) mass is 297 g/mol. The fourth-order valence-corrected chi connectivity index (χ4v) is 1.74. The Hall–Kier alpha value is -3.08. The predicted octanol–water partition coefficient (Wildman–Crippen LogP) is 3.42. The summed E-state index contributed by atoms with van der Waals surface area (Å²) in [7, 11) is 1.63. The number of rotatable bonds is 4. The van der Waals surface area contributed by atoms with Crippen molar-refractivity contribution in [3.63, 3.8) is 0 Å². The van der Waals surface area contributed by atoms with Crippen LogP contribution in [0.25, 0.3) is 6.08 Å². The third kappa shape index (κ3) is 4.21. The molecule has 1 N–H and O–H groups in total. The van der Waals surface area contributed by atoms with Crippen LogP contribution in [0, 0.1) is 0 Å². The Kier molecular flexibility index (Phi) is 4.93. The minimum Gasteiger partial charge on any atom is -0.478 e. The number of amides is 1. The van der Waals surface area contributed by atoms with E-state index in [1.165, 1.54) is 11.0 Å². The SMILES string of the molecule is CN(C(=O)Oc1ccc(/C=C/C(=O)O)cc1)c1ccccc1. The molecule has 0 bridgehead atoms. The average Bonchev–Trinajstić information content (AvgIpc) is 2.54. The Labute approximate surface area is 128 Å². The minimum absolute atomic E-state index is 0.389. The molecule has 0 saturated heterocycles. The quantitative estimate of drug-likeness (QED) is 0.878. The maximum absolute atomic E-state index is 12.0. The fraction of sp³-hybridized carbons (Fsp3) is 0.0588. The van der Waals surface area contributed by atoms with Gasteiger partial charge in [0.1, 0.15) is 5.75 Å². The lowest BCUT2D eigenvalue weighted by Crippen LogP contribution is -2.29. The number of benzene rings is 2. The molecule has 2 aromatic carbocycles. The summed E-state index contributed by atoms with van der Waals surface area (Å²) < 4.78 is 5.26. The van der Waals surface area contributed by atoms with Crippen molar-refractivity contribution in [3.05, 3.63) is 66.2 Å². The van der Waals surface area contributed by atoms with Crippen molar-refractivity contribution >= 4 is 23.8 Å². The standard InChI is InChI=1S/C17H15NO4/c1-18(14-5-3-2-4-6-14)17(21)22-15-10-7-13(8-11-15)9-12-16(19)20/h2-12H,1H3,(H,19,20)/b12-9+. The molecular formula is C17H15NO4. The lowest BCUT2D eigenvalue weighted by molar-refractivity contribution is -0.131. The van der Waals surface area contributed by atoms with Crippen LogP contribution >= 0.6 is 0 Å². The van der Waals surface area contributed by atoms with E-state index in [9.17, 15) is 9.59 Å². The number of nitrogens with zero attached hydrogens (tertiary/aromatic N) is 1. The summed E-state index contributed by atoms with van der Waals surface area (Å²) >= 11 is 0. The Morgan fingerprint density at radius 2 is 1.68 bits per heavy atom. The molecule has 1 amide bonds.